The maximum atomic E-state index is 12.2. The molecule has 5 heteroatoms. The van der Waals surface area contributed by atoms with Gasteiger partial charge in [-0.15, -0.1) is 0 Å². The molecule has 1 fully saturated rings. The van der Waals surface area contributed by atoms with E-state index >= 15 is 0 Å². The van der Waals surface area contributed by atoms with Crippen molar-refractivity contribution in [2.24, 2.45) is 5.92 Å². The fourth-order valence-corrected chi connectivity index (χ4v) is 3.41. The van der Waals surface area contributed by atoms with Crippen LogP contribution < -0.4 is 10.2 Å². The Morgan fingerprint density at radius 2 is 1.84 bits per heavy atom. The third-order valence-corrected chi connectivity index (χ3v) is 4.76. The van der Waals surface area contributed by atoms with Crippen LogP contribution in [0.15, 0.2) is 24.3 Å². The molecule has 0 amide bonds. The summed E-state index contributed by atoms with van der Waals surface area (Å²) in [7, 11) is 1.43. The number of Topliss-reactive ketones (excluding diaryl/α,β-unsaturated/α-hetero) is 1. The summed E-state index contributed by atoms with van der Waals surface area (Å²) in [6.45, 7) is 8.30. The van der Waals surface area contributed by atoms with Gasteiger partial charge in [-0.3, -0.25) is 14.9 Å². The summed E-state index contributed by atoms with van der Waals surface area (Å²) in [6, 6.07) is 8.33. The van der Waals surface area contributed by atoms with Gasteiger partial charge in [-0.2, -0.15) is 0 Å². The van der Waals surface area contributed by atoms with Crippen LogP contribution in [0.2, 0.25) is 0 Å². The molecule has 1 heterocycles. The molecule has 0 saturated carbocycles. The van der Waals surface area contributed by atoms with E-state index in [4.69, 9.17) is 4.74 Å². The summed E-state index contributed by atoms with van der Waals surface area (Å²) < 4.78 is 4.98. The van der Waals surface area contributed by atoms with Crippen LogP contribution in [-0.4, -0.2) is 37.5 Å². The van der Waals surface area contributed by atoms with Crippen LogP contribution in [0.1, 0.15) is 45.6 Å². The first-order valence-electron chi connectivity index (χ1n) is 9.03. The van der Waals surface area contributed by atoms with Gasteiger partial charge in [-0.05, 0) is 37.0 Å². The highest BCUT2D eigenvalue weighted by atomic mass is 16.5. The Labute approximate surface area is 150 Å². The largest absolute Gasteiger partial charge is 0.468 e. The smallest absolute Gasteiger partial charge is 0.325 e. The molecule has 2 rings (SSSR count). The minimum atomic E-state index is -0.686. The lowest BCUT2D eigenvalue weighted by Crippen LogP contribution is -2.50. The topological polar surface area (TPSA) is 58.6 Å². The molecule has 0 aromatic heterocycles. The first-order chi connectivity index (χ1) is 11.8. The number of nitrogens with one attached hydrogen (secondary N) is 1. The molecule has 1 N–H and O–H groups in total. The quantitative estimate of drug-likeness (QED) is 0.769. The molecule has 1 aromatic rings. The van der Waals surface area contributed by atoms with E-state index in [0.29, 0.717) is 31.1 Å². The van der Waals surface area contributed by atoms with Crippen molar-refractivity contribution >= 4 is 17.4 Å². The van der Waals surface area contributed by atoms with Crippen LogP contribution in [0.3, 0.4) is 0 Å². The maximum Gasteiger partial charge on any atom is 0.325 e. The first-order valence-corrected chi connectivity index (χ1v) is 9.03. The molecule has 0 aliphatic carbocycles. The Morgan fingerprint density at radius 3 is 2.36 bits per heavy atom. The molecule has 0 spiro atoms. The summed E-state index contributed by atoms with van der Waals surface area (Å²) in [4.78, 5) is 25.8. The summed E-state index contributed by atoms with van der Waals surface area (Å²) in [5, 5.41) is 3.37. The second-order valence-electron chi connectivity index (χ2n) is 7.47. The van der Waals surface area contributed by atoms with Crippen LogP contribution in [0, 0.1) is 5.92 Å². The average Bonchev–Trinajstić information content (AvgIpc) is 2.60. The first kappa shape index (κ1) is 19.4. The normalized spacial score (nSPS) is 17.5. The molecule has 5 nitrogen and oxygen atoms in total. The minimum absolute atomic E-state index is 0.226. The second kappa shape index (κ2) is 8.48. The van der Waals surface area contributed by atoms with Crippen molar-refractivity contribution in [3.63, 3.8) is 0 Å². The van der Waals surface area contributed by atoms with Crippen molar-refractivity contribution in [1.29, 1.82) is 0 Å². The summed E-state index contributed by atoms with van der Waals surface area (Å²) >= 11 is 0. The van der Waals surface area contributed by atoms with Gasteiger partial charge in [0.15, 0.2) is 0 Å². The van der Waals surface area contributed by atoms with E-state index < -0.39 is 5.54 Å². The highest BCUT2D eigenvalue weighted by Crippen LogP contribution is 2.21. The third kappa shape index (κ3) is 5.30. The number of hydrogen-bond acceptors (Lipinski definition) is 5. The number of carbonyl (C=O) groups excluding carboxylic acids is 2. The van der Waals surface area contributed by atoms with Gasteiger partial charge >= 0.3 is 5.97 Å². The predicted octanol–water partition coefficient (Wildman–Crippen LogP) is 2.92. The van der Waals surface area contributed by atoms with Crippen LogP contribution in [0.5, 0.6) is 0 Å². The molecule has 138 valence electrons. The van der Waals surface area contributed by atoms with E-state index in [1.54, 1.807) is 0 Å². The number of esters is 1. The maximum absolute atomic E-state index is 12.2. The molecular weight excluding hydrogens is 316 g/mol. The average molecular weight is 346 g/mol. The number of anilines is 1. The SMILES string of the molecule is COC(=O)C(C)(CC(C)C)NCc1ccc(N2CCC(=O)CC2)cc1. The lowest BCUT2D eigenvalue weighted by molar-refractivity contribution is -0.148. The van der Waals surface area contributed by atoms with Crippen LogP contribution in [-0.2, 0) is 20.9 Å². The standard InChI is InChI=1S/C20H30N2O3/c1-15(2)13-20(3,19(24)25-4)21-14-16-5-7-17(8-6-16)22-11-9-18(23)10-12-22/h5-8,15,21H,9-14H2,1-4H3. The lowest BCUT2D eigenvalue weighted by Gasteiger charge is -2.30. The lowest BCUT2D eigenvalue weighted by atomic mass is 9.90. The number of rotatable bonds is 7. The number of carbonyl (C=O) groups is 2. The molecule has 1 saturated heterocycles. The second-order valence-corrected chi connectivity index (χ2v) is 7.47. The Hall–Kier alpha value is -1.88. The number of nitrogens with zero attached hydrogens (tertiary/aromatic N) is 1. The van der Waals surface area contributed by atoms with Gasteiger partial charge in [0.05, 0.1) is 7.11 Å². The van der Waals surface area contributed by atoms with E-state index in [2.05, 4.69) is 48.3 Å². The minimum Gasteiger partial charge on any atom is -0.468 e. The van der Waals surface area contributed by atoms with Crippen LogP contribution in [0.25, 0.3) is 0 Å². The number of piperidine rings is 1. The third-order valence-electron chi connectivity index (χ3n) is 4.76. The van der Waals surface area contributed by atoms with Gasteiger partial charge in [0.1, 0.15) is 11.3 Å². The zero-order valence-corrected chi connectivity index (χ0v) is 15.8. The van der Waals surface area contributed by atoms with Crippen molar-refractivity contribution in [2.75, 3.05) is 25.1 Å². The van der Waals surface area contributed by atoms with E-state index in [0.717, 1.165) is 30.8 Å². The molecule has 1 aliphatic heterocycles. The van der Waals surface area contributed by atoms with Crippen molar-refractivity contribution in [3.8, 4) is 0 Å². The molecule has 25 heavy (non-hydrogen) atoms. The number of benzene rings is 1. The van der Waals surface area contributed by atoms with Crippen molar-refractivity contribution < 1.29 is 14.3 Å². The van der Waals surface area contributed by atoms with E-state index in [1.807, 2.05) is 6.92 Å². The zero-order valence-electron chi connectivity index (χ0n) is 15.8. The van der Waals surface area contributed by atoms with Crippen molar-refractivity contribution in [3.05, 3.63) is 29.8 Å². The fourth-order valence-electron chi connectivity index (χ4n) is 3.41. The molecular formula is C20H30N2O3. The Kier molecular flexibility index (Phi) is 6.59. The molecule has 1 aliphatic rings. The van der Waals surface area contributed by atoms with Crippen LogP contribution in [0.4, 0.5) is 5.69 Å². The molecule has 0 radical (unpaired) electrons. The number of methoxy groups -OCH3 is 1. The summed E-state index contributed by atoms with van der Waals surface area (Å²) in [5.41, 5.74) is 1.58. The van der Waals surface area contributed by atoms with Gasteiger partial charge in [-0.25, -0.2) is 0 Å². The molecule has 1 unspecified atom stereocenters. The molecule has 0 bridgehead atoms. The zero-order chi connectivity index (χ0) is 18.4. The van der Waals surface area contributed by atoms with Crippen LogP contribution >= 0.6 is 0 Å². The van der Waals surface area contributed by atoms with Gasteiger partial charge in [0, 0.05) is 38.2 Å². The number of ether oxygens (including phenoxy) is 1. The highest BCUT2D eigenvalue weighted by Gasteiger charge is 2.34. The number of ketones is 1. The Bertz CT molecular complexity index is 587. The molecule has 1 aromatic carbocycles. The monoisotopic (exact) mass is 346 g/mol. The fraction of sp³-hybridized carbons (Fsp3) is 0.600. The molecule has 1 atom stereocenters. The van der Waals surface area contributed by atoms with Gasteiger partial charge in [0.25, 0.3) is 0 Å². The van der Waals surface area contributed by atoms with Crippen molar-refractivity contribution in [2.45, 2.75) is 52.1 Å². The van der Waals surface area contributed by atoms with E-state index in [9.17, 15) is 9.59 Å². The van der Waals surface area contributed by atoms with E-state index in [-0.39, 0.29) is 5.97 Å². The summed E-state index contributed by atoms with van der Waals surface area (Å²) in [6.07, 6.45) is 1.99. The Balaban J connectivity index is 1.97. The predicted molar refractivity (Wildman–Crippen MR) is 99.6 cm³/mol. The van der Waals surface area contributed by atoms with Gasteiger partial charge in [-0.1, -0.05) is 26.0 Å². The van der Waals surface area contributed by atoms with Crippen molar-refractivity contribution in [1.82, 2.24) is 5.32 Å². The van der Waals surface area contributed by atoms with Gasteiger partial charge in [0.2, 0.25) is 0 Å². The summed E-state index contributed by atoms with van der Waals surface area (Å²) in [5.74, 6) is 0.515. The highest BCUT2D eigenvalue weighted by molar-refractivity contribution is 5.81. The Morgan fingerprint density at radius 1 is 1.24 bits per heavy atom. The van der Waals surface area contributed by atoms with Gasteiger partial charge < -0.3 is 9.64 Å². The van der Waals surface area contributed by atoms with E-state index in [1.165, 1.54) is 7.11 Å². The number of hydrogen-bond donors (Lipinski definition) is 1.